The Kier molecular flexibility index (Phi) is 5.74. The highest BCUT2D eigenvalue weighted by Gasteiger charge is 2.34. The molecule has 2 unspecified atom stereocenters. The standard InChI is InChI=1S/C27H31N3O4S/c1-16-13-18(17(2)28-20-7-6-8-22-24(20)26(32)29(5)35(22)33)25-19(14-16)21(31)15-23(34-25)30-11-9-27(3,4)10-12-30/h6-8,13-15,17,28H,9-12H2,1-5H3. The lowest BCUT2D eigenvalue weighted by atomic mass is 9.83. The van der Waals surface area contributed by atoms with E-state index in [0.717, 1.165) is 37.1 Å². The molecule has 0 bridgehead atoms. The van der Waals surface area contributed by atoms with Crippen LogP contribution in [0.5, 0.6) is 0 Å². The number of nitrogens with one attached hydrogen (secondary N) is 1. The maximum absolute atomic E-state index is 13.1. The van der Waals surface area contributed by atoms with Crippen molar-refractivity contribution in [1.82, 2.24) is 4.31 Å². The molecule has 35 heavy (non-hydrogen) atoms. The van der Waals surface area contributed by atoms with Crippen LogP contribution in [0.1, 0.15) is 61.1 Å². The number of anilines is 2. The molecule has 184 valence electrons. The van der Waals surface area contributed by atoms with E-state index < -0.39 is 11.0 Å². The Morgan fingerprint density at radius 3 is 2.54 bits per heavy atom. The molecule has 0 aliphatic carbocycles. The van der Waals surface area contributed by atoms with Crippen LogP contribution >= 0.6 is 0 Å². The van der Waals surface area contributed by atoms with Gasteiger partial charge in [0.1, 0.15) is 5.58 Å². The van der Waals surface area contributed by atoms with Crippen LogP contribution in [-0.4, -0.2) is 34.6 Å². The fraction of sp³-hybridized carbons (Fsp3) is 0.407. The third-order valence-electron chi connectivity index (χ3n) is 7.22. The second kappa shape index (κ2) is 8.52. The number of amides is 1. The van der Waals surface area contributed by atoms with Gasteiger partial charge in [0.25, 0.3) is 5.91 Å². The predicted octanol–water partition coefficient (Wildman–Crippen LogP) is 5.01. The number of rotatable bonds is 4. The van der Waals surface area contributed by atoms with Crippen molar-refractivity contribution in [2.75, 3.05) is 30.4 Å². The van der Waals surface area contributed by atoms with Crippen molar-refractivity contribution in [1.29, 1.82) is 0 Å². The molecule has 3 aromatic rings. The van der Waals surface area contributed by atoms with E-state index in [2.05, 4.69) is 24.1 Å². The fourth-order valence-electron chi connectivity index (χ4n) is 4.94. The Bertz CT molecular complexity index is 1420. The molecule has 1 fully saturated rings. The summed E-state index contributed by atoms with van der Waals surface area (Å²) in [5, 5.41) is 3.97. The van der Waals surface area contributed by atoms with Gasteiger partial charge in [-0.3, -0.25) is 13.9 Å². The van der Waals surface area contributed by atoms with Crippen LogP contribution in [0.25, 0.3) is 11.0 Å². The van der Waals surface area contributed by atoms with E-state index in [1.165, 1.54) is 11.4 Å². The number of hydrogen-bond donors (Lipinski definition) is 1. The lowest BCUT2D eigenvalue weighted by molar-refractivity contribution is 0.0895. The Hall–Kier alpha value is -3.13. The smallest absolute Gasteiger partial charge is 0.268 e. The first kappa shape index (κ1) is 23.6. The number of carbonyl (C=O) groups excluding carboxylic acids is 1. The van der Waals surface area contributed by atoms with Gasteiger partial charge in [0, 0.05) is 37.5 Å². The van der Waals surface area contributed by atoms with Gasteiger partial charge in [-0.1, -0.05) is 26.0 Å². The first-order valence-corrected chi connectivity index (χ1v) is 13.1. The van der Waals surface area contributed by atoms with Crippen molar-refractivity contribution in [3.05, 3.63) is 63.3 Å². The zero-order valence-corrected chi connectivity index (χ0v) is 21.6. The van der Waals surface area contributed by atoms with Crippen LogP contribution in [-0.2, 0) is 11.0 Å². The summed E-state index contributed by atoms with van der Waals surface area (Å²) >= 11 is 0. The minimum absolute atomic E-state index is 0.0592. The van der Waals surface area contributed by atoms with Gasteiger partial charge >= 0.3 is 0 Å². The molecule has 0 radical (unpaired) electrons. The van der Waals surface area contributed by atoms with Crippen LogP contribution < -0.4 is 15.6 Å². The molecule has 8 heteroatoms. The lowest BCUT2D eigenvalue weighted by Crippen LogP contribution is -2.37. The molecule has 7 nitrogen and oxygen atoms in total. The second-order valence-corrected chi connectivity index (χ2v) is 11.9. The van der Waals surface area contributed by atoms with Gasteiger partial charge in [-0.05, 0) is 55.9 Å². The van der Waals surface area contributed by atoms with Crippen molar-refractivity contribution in [3.8, 4) is 0 Å². The highest BCUT2D eigenvalue weighted by molar-refractivity contribution is 7.84. The molecular formula is C27H31N3O4S. The SMILES string of the molecule is Cc1cc(C(C)Nc2cccc3c2C(=O)N(C)S3=O)c2oc(N3CCC(C)(C)CC3)cc(=O)c2c1. The Morgan fingerprint density at radius 2 is 1.83 bits per heavy atom. The topological polar surface area (TPSA) is 82.9 Å². The van der Waals surface area contributed by atoms with Crippen LogP contribution in [0.4, 0.5) is 11.6 Å². The van der Waals surface area contributed by atoms with Gasteiger partial charge in [0.15, 0.2) is 22.3 Å². The van der Waals surface area contributed by atoms with Crippen LogP contribution in [0, 0.1) is 12.3 Å². The van der Waals surface area contributed by atoms with E-state index in [1.54, 1.807) is 18.2 Å². The number of piperidine rings is 1. The van der Waals surface area contributed by atoms with Gasteiger partial charge in [-0.15, -0.1) is 0 Å². The molecule has 1 N–H and O–H groups in total. The number of carbonyl (C=O) groups is 1. The highest BCUT2D eigenvalue weighted by Crippen LogP contribution is 2.36. The molecule has 1 amide bonds. The summed E-state index contributed by atoms with van der Waals surface area (Å²) in [5.41, 5.74) is 3.63. The molecule has 2 aliphatic rings. The third kappa shape index (κ3) is 4.14. The van der Waals surface area contributed by atoms with Gasteiger partial charge in [-0.2, -0.15) is 0 Å². The molecule has 3 heterocycles. The van der Waals surface area contributed by atoms with Crippen molar-refractivity contribution in [2.45, 2.75) is 51.5 Å². The summed E-state index contributed by atoms with van der Waals surface area (Å²) in [6.45, 7) is 10.2. The fourth-order valence-corrected chi connectivity index (χ4v) is 6.04. The van der Waals surface area contributed by atoms with Crippen LogP contribution in [0.2, 0.25) is 0 Å². The zero-order valence-electron chi connectivity index (χ0n) is 20.8. The minimum Gasteiger partial charge on any atom is -0.440 e. The highest BCUT2D eigenvalue weighted by atomic mass is 32.2. The average Bonchev–Trinajstić information content (AvgIpc) is 3.03. The lowest BCUT2D eigenvalue weighted by Gasteiger charge is -2.37. The van der Waals surface area contributed by atoms with Crippen LogP contribution in [0.15, 0.2) is 50.5 Å². The third-order valence-corrected chi connectivity index (χ3v) is 8.60. The summed E-state index contributed by atoms with van der Waals surface area (Å²) in [6, 6.07) is 10.5. The van der Waals surface area contributed by atoms with Crippen molar-refractivity contribution in [3.63, 3.8) is 0 Å². The average molecular weight is 494 g/mol. The summed E-state index contributed by atoms with van der Waals surface area (Å²) in [5.74, 6) is 0.327. The monoisotopic (exact) mass is 493 g/mol. The predicted molar refractivity (Wildman–Crippen MR) is 139 cm³/mol. The molecule has 1 aromatic heterocycles. The molecule has 2 aromatic carbocycles. The van der Waals surface area contributed by atoms with Gasteiger partial charge < -0.3 is 14.6 Å². The Balaban J connectivity index is 1.55. The maximum atomic E-state index is 13.1. The molecule has 1 saturated heterocycles. The molecule has 0 saturated carbocycles. The molecular weight excluding hydrogens is 462 g/mol. The van der Waals surface area contributed by atoms with Gasteiger partial charge in [0.05, 0.1) is 21.9 Å². The first-order chi connectivity index (χ1) is 16.6. The Morgan fingerprint density at radius 1 is 1.11 bits per heavy atom. The summed E-state index contributed by atoms with van der Waals surface area (Å²) in [7, 11) is 0.0347. The van der Waals surface area contributed by atoms with E-state index in [1.807, 2.05) is 32.0 Å². The number of aryl methyl sites for hydroxylation is 1. The van der Waals surface area contributed by atoms with Gasteiger partial charge in [0.2, 0.25) is 0 Å². The number of hydrogen-bond acceptors (Lipinski definition) is 6. The van der Waals surface area contributed by atoms with E-state index in [4.69, 9.17) is 4.42 Å². The molecule has 0 spiro atoms. The Labute approximate surface area is 207 Å². The summed E-state index contributed by atoms with van der Waals surface area (Å²) in [4.78, 5) is 28.5. The molecule has 5 rings (SSSR count). The van der Waals surface area contributed by atoms with Crippen LogP contribution in [0.3, 0.4) is 0 Å². The summed E-state index contributed by atoms with van der Waals surface area (Å²) < 4.78 is 20.2. The number of nitrogens with zero attached hydrogens (tertiary/aromatic N) is 2. The molecule has 2 atom stereocenters. The maximum Gasteiger partial charge on any atom is 0.268 e. The number of fused-ring (bicyclic) bond motifs is 2. The molecule has 2 aliphatic heterocycles. The van der Waals surface area contributed by atoms with E-state index in [0.29, 0.717) is 38.4 Å². The van der Waals surface area contributed by atoms with Crippen molar-refractivity contribution in [2.24, 2.45) is 5.41 Å². The van der Waals surface area contributed by atoms with E-state index in [9.17, 15) is 13.8 Å². The second-order valence-electron chi connectivity index (χ2n) is 10.4. The van der Waals surface area contributed by atoms with Crippen molar-refractivity contribution >= 4 is 39.4 Å². The van der Waals surface area contributed by atoms with E-state index >= 15 is 0 Å². The van der Waals surface area contributed by atoms with E-state index in [-0.39, 0.29) is 17.4 Å². The minimum atomic E-state index is -1.50. The largest absolute Gasteiger partial charge is 0.440 e. The quantitative estimate of drug-likeness (QED) is 0.550. The summed E-state index contributed by atoms with van der Waals surface area (Å²) in [6.07, 6.45) is 2.08. The normalized spacial score (nSPS) is 20.3. The first-order valence-electron chi connectivity index (χ1n) is 12.0. The zero-order chi connectivity index (χ0) is 25.1. The van der Waals surface area contributed by atoms with Crippen molar-refractivity contribution < 1.29 is 13.4 Å². The van der Waals surface area contributed by atoms with Gasteiger partial charge in [-0.25, -0.2) is 4.21 Å². The number of benzene rings is 2.